The van der Waals surface area contributed by atoms with E-state index in [1.54, 1.807) is 20.8 Å². The molecule has 222 valence electrons. The van der Waals surface area contributed by atoms with Crippen molar-refractivity contribution in [2.75, 3.05) is 4.90 Å². The van der Waals surface area contributed by atoms with E-state index in [2.05, 4.69) is 0 Å². The fraction of sp³-hybridized carbons (Fsp3) is 0.269. The summed E-state index contributed by atoms with van der Waals surface area (Å²) in [5.74, 6) is -1.28. The van der Waals surface area contributed by atoms with Gasteiger partial charge in [0.15, 0.2) is 5.75 Å². The number of carbonyl (C=O) groups is 1. The lowest BCUT2D eigenvalue weighted by Gasteiger charge is -2.31. The first-order valence-corrected chi connectivity index (χ1v) is 13.5. The van der Waals surface area contributed by atoms with Gasteiger partial charge < -0.3 is 10.5 Å². The van der Waals surface area contributed by atoms with E-state index in [9.17, 15) is 44.1 Å². The minimum absolute atomic E-state index is 0.0987. The lowest BCUT2D eigenvalue weighted by Crippen LogP contribution is -2.33. The number of urea groups is 1. The van der Waals surface area contributed by atoms with Crippen molar-refractivity contribution in [2.24, 2.45) is 5.73 Å². The molecule has 0 bridgehead atoms. The number of nitrogens with two attached hydrogens (primary N) is 1. The second kappa shape index (κ2) is 11.1. The molecule has 3 aromatic rings. The molecule has 2 amide bonds. The first-order chi connectivity index (χ1) is 18.7. The maximum Gasteiger partial charge on any atom is 0.419 e. The number of rotatable bonds is 7. The van der Waals surface area contributed by atoms with Crippen LogP contribution in [0.1, 0.15) is 43.9 Å². The third-order valence-corrected chi connectivity index (χ3v) is 7.49. The highest BCUT2D eigenvalue weighted by molar-refractivity contribution is 7.85. The van der Waals surface area contributed by atoms with Crippen molar-refractivity contribution < 1.29 is 48.8 Å². The van der Waals surface area contributed by atoms with Gasteiger partial charge in [-0.3, -0.25) is 9.45 Å². The van der Waals surface area contributed by atoms with Crippen molar-refractivity contribution in [3.8, 4) is 11.5 Å². The molecule has 0 radical (unpaired) electrons. The molecule has 0 aliphatic carbocycles. The number of hydrogen-bond acceptors (Lipinski definition) is 4. The maximum absolute atomic E-state index is 13.8. The molecule has 41 heavy (non-hydrogen) atoms. The van der Waals surface area contributed by atoms with Gasteiger partial charge in [-0.15, -0.1) is 0 Å². The number of benzene rings is 3. The number of para-hydroxylation sites is 1. The van der Waals surface area contributed by atoms with Crippen LogP contribution in [0.4, 0.5) is 42.5 Å². The molecule has 3 aromatic carbocycles. The molecule has 0 fully saturated rings. The van der Waals surface area contributed by atoms with Gasteiger partial charge in [0, 0.05) is 5.56 Å². The van der Waals surface area contributed by atoms with Gasteiger partial charge in [-0.05, 0) is 54.3 Å². The topological polar surface area (TPSA) is 110 Å². The maximum atomic E-state index is 13.8. The summed E-state index contributed by atoms with van der Waals surface area (Å²) in [4.78, 5) is 12.4. The summed E-state index contributed by atoms with van der Waals surface area (Å²) in [6.45, 7) is 4.80. The summed E-state index contributed by atoms with van der Waals surface area (Å²) in [5.41, 5.74) is 0.506. The molecule has 0 aliphatic rings. The first-order valence-electron chi connectivity index (χ1n) is 11.6. The number of anilines is 2. The Balaban J connectivity index is 2.50. The molecule has 0 saturated carbocycles. The van der Waals surface area contributed by atoms with Crippen LogP contribution >= 0.6 is 11.6 Å². The van der Waals surface area contributed by atoms with E-state index in [-0.39, 0.29) is 12.0 Å². The van der Waals surface area contributed by atoms with Crippen molar-refractivity contribution in [1.82, 2.24) is 0 Å². The summed E-state index contributed by atoms with van der Waals surface area (Å²) in [5, 5.41) is -0.735. The molecule has 0 atom stereocenters. The molecule has 7 nitrogen and oxygen atoms in total. The van der Waals surface area contributed by atoms with Crippen LogP contribution < -0.4 is 15.4 Å². The van der Waals surface area contributed by atoms with E-state index in [1.807, 2.05) is 0 Å². The van der Waals surface area contributed by atoms with E-state index in [0.29, 0.717) is 23.1 Å². The number of amides is 2. The van der Waals surface area contributed by atoms with Gasteiger partial charge in [0.25, 0.3) is 10.1 Å². The molecule has 0 unspecified atom stereocenters. The summed E-state index contributed by atoms with van der Waals surface area (Å²) in [7, 11) is -5.03. The smallest absolute Gasteiger partial charge is 0.419 e. The molecule has 0 aliphatic heterocycles. The summed E-state index contributed by atoms with van der Waals surface area (Å²) in [6, 6.07) is 6.35. The third kappa shape index (κ3) is 6.88. The van der Waals surface area contributed by atoms with Gasteiger partial charge in [0.05, 0.1) is 32.4 Å². The largest absolute Gasteiger partial charge is 0.454 e. The molecule has 0 heterocycles. The van der Waals surface area contributed by atoms with Crippen molar-refractivity contribution in [2.45, 2.75) is 49.9 Å². The summed E-state index contributed by atoms with van der Waals surface area (Å²) >= 11 is 5.70. The zero-order valence-electron chi connectivity index (χ0n) is 21.6. The highest BCUT2D eigenvalue weighted by Crippen LogP contribution is 2.49. The van der Waals surface area contributed by atoms with Crippen molar-refractivity contribution in [1.29, 1.82) is 0 Å². The lowest BCUT2D eigenvalue weighted by molar-refractivity contribution is -0.139. The van der Waals surface area contributed by atoms with E-state index >= 15 is 0 Å². The Bertz CT molecular complexity index is 1590. The summed E-state index contributed by atoms with van der Waals surface area (Å²) < 4.78 is 122. The highest BCUT2D eigenvalue weighted by atomic mass is 35.5. The Labute approximate surface area is 236 Å². The van der Waals surface area contributed by atoms with Crippen LogP contribution in [0.15, 0.2) is 59.5 Å². The van der Waals surface area contributed by atoms with Gasteiger partial charge in [-0.2, -0.15) is 34.8 Å². The Morgan fingerprint density at radius 3 is 2.05 bits per heavy atom. The number of hydrogen-bond donors (Lipinski definition) is 2. The van der Waals surface area contributed by atoms with Gasteiger partial charge >= 0.3 is 18.4 Å². The fourth-order valence-electron chi connectivity index (χ4n) is 3.86. The van der Waals surface area contributed by atoms with Gasteiger partial charge in [-0.1, -0.05) is 44.5 Å². The second-order valence-electron chi connectivity index (χ2n) is 9.46. The number of primary amides is 1. The number of alkyl halides is 6. The van der Waals surface area contributed by atoms with E-state index in [0.717, 1.165) is 30.3 Å². The Kier molecular flexibility index (Phi) is 8.64. The molecule has 0 spiro atoms. The van der Waals surface area contributed by atoms with Crippen LogP contribution in [0.3, 0.4) is 0 Å². The molecule has 3 N–H and O–H groups in total. The molecule has 0 saturated heterocycles. The monoisotopic (exact) mass is 624 g/mol. The zero-order valence-corrected chi connectivity index (χ0v) is 23.1. The highest BCUT2D eigenvalue weighted by Gasteiger charge is 2.38. The molecule has 3 rings (SSSR count). The molecule has 15 heteroatoms. The molecular formula is C26H23ClF6N2O5S. The minimum atomic E-state index is -5.03. The quantitative estimate of drug-likeness (QED) is 0.203. The van der Waals surface area contributed by atoms with Gasteiger partial charge in [0.1, 0.15) is 5.75 Å². The number of carbonyl (C=O) groups excluding carboxylic acids is 1. The Morgan fingerprint density at radius 1 is 0.951 bits per heavy atom. The number of nitrogens with zero attached hydrogens (tertiary/aromatic N) is 1. The van der Waals surface area contributed by atoms with Gasteiger partial charge in [-0.25, -0.2) is 4.79 Å². The normalized spacial score (nSPS) is 12.8. The van der Waals surface area contributed by atoms with Crippen LogP contribution in [-0.4, -0.2) is 19.0 Å². The minimum Gasteiger partial charge on any atom is -0.454 e. The van der Waals surface area contributed by atoms with E-state index < -0.39 is 77.8 Å². The van der Waals surface area contributed by atoms with Crippen molar-refractivity contribution >= 4 is 39.1 Å². The number of halogens is 7. The van der Waals surface area contributed by atoms with E-state index in [4.69, 9.17) is 22.1 Å². The van der Waals surface area contributed by atoms with Crippen LogP contribution in [0.25, 0.3) is 0 Å². The van der Waals surface area contributed by atoms with Gasteiger partial charge in [0.2, 0.25) is 0 Å². The summed E-state index contributed by atoms with van der Waals surface area (Å²) in [6.07, 6.45) is -9.67. The van der Waals surface area contributed by atoms with Crippen LogP contribution in [0, 0.1) is 0 Å². The van der Waals surface area contributed by atoms with Crippen LogP contribution in [0.5, 0.6) is 11.5 Å². The second-order valence-corrected chi connectivity index (χ2v) is 11.3. The fourth-order valence-corrected chi connectivity index (χ4v) is 4.61. The number of ether oxygens (including phenoxy) is 1. The SMILES string of the molecule is CCC(C)(C)c1cc(S(=O)(=O)O)cc(N(C(N)=O)c2ccc(Cl)c(C(F)(F)F)c2)c1Oc1ccccc1C(F)(F)F. The standard InChI is InChI=1S/C26H23ClF6N2O5S/c1-4-24(2,3)18-12-15(41(37,38)39)13-20(22(18)40-21-8-6-5-7-16(21)25(28,29)30)35(23(34)36)14-9-10-19(27)17(11-14)26(31,32)33/h5-13H,4H2,1-3H3,(H2,34,36)(H,37,38,39). The molecular weight excluding hydrogens is 602 g/mol. The average molecular weight is 625 g/mol. The predicted octanol–water partition coefficient (Wildman–Crippen LogP) is 8.32. The Morgan fingerprint density at radius 2 is 1.54 bits per heavy atom. The molecule has 0 aromatic heterocycles. The van der Waals surface area contributed by atoms with Crippen LogP contribution in [0.2, 0.25) is 5.02 Å². The Hall–Kier alpha value is -3.49. The predicted molar refractivity (Wildman–Crippen MR) is 139 cm³/mol. The average Bonchev–Trinajstić information content (AvgIpc) is 2.84. The van der Waals surface area contributed by atoms with Crippen molar-refractivity contribution in [3.63, 3.8) is 0 Å². The lowest BCUT2D eigenvalue weighted by atomic mass is 9.81. The first kappa shape index (κ1) is 32.0. The van der Waals surface area contributed by atoms with Crippen LogP contribution in [-0.2, 0) is 27.9 Å². The third-order valence-electron chi connectivity index (χ3n) is 6.33. The zero-order chi connectivity index (χ0) is 31.1. The van der Waals surface area contributed by atoms with E-state index in [1.165, 1.54) is 6.07 Å². The van der Waals surface area contributed by atoms with Crippen molar-refractivity contribution in [3.05, 3.63) is 76.3 Å².